The van der Waals surface area contributed by atoms with Gasteiger partial charge in [0, 0.05) is 20.5 Å². The van der Waals surface area contributed by atoms with Crippen LogP contribution in [0.5, 0.6) is 0 Å². The van der Waals surface area contributed by atoms with Crippen LogP contribution in [0.4, 0.5) is 13.2 Å². The van der Waals surface area contributed by atoms with E-state index in [1.807, 2.05) is 0 Å². The van der Waals surface area contributed by atoms with Crippen molar-refractivity contribution >= 4 is 42.8 Å². The molecule has 1 nitrogen and oxygen atoms in total. The van der Waals surface area contributed by atoms with Gasteiger partial charge in [0.05, 0.1) is 11.1 Å². The molecule has 1 aromatic carbocycles. The number of benzene rings is 1. The second-order valence-corrected chi connectivity index (χ2v) is 4.91. The summed E-state index contributed by atoms with van der Waals surface area (Å²) in [5.41, 5.74) is -0.377. The van der Waals surface area contributed by atoms with Gasteiger partial charge in [-0.05, 0) is 50.1 Å². The molecule has 0 N–H and O–H groups in total. The van der Waals surface area contributed by atoms with E-state index >= 15 is 0 Å². The summed E-state index contributed by atoms with van der Waals surface area (Å²) in [6.07, 6.45) is -2.91. The number of fused-ring (bicyclic) bond motifs is 1. The number of pyridine rings is 1. The van der Waals surface area contributed by atoms with Crippen LogP contribution in [0.1, 0.15) is 5.56 Å². The van der Waals surface area contributed by atoms with Crippen molar-refractivity contribution in [1.82, 2.24) is 4.98 Å². The molecule has 0 saturated heterocycles. The van der Waals surface area contributed by atoms with Crippen LogP contribution in [-0.4, -0.2) is 4.98 Å². The molecule has 0 atom stereocenters. The second kappa shape index (κ2) is 4.00. The predicted molar refractivity (Wildman–Crippen MR) is 62.1 cm³/mol. The van der Waals surface area contributed by atoms with E-state index in [0.29, 0.717) is 14.5 Å². The van der Waals surface area contributed by atoms with Gasteiger partial charge in [0.1, 0.15) is 0 Å². The van der Waals surface area contributed by atoms with E-state index in [1.165, 1.54) is 18.3 Å². The van der Waals surface area contributed by atoms with E-state index in [9.17, 15) is 13.2 Å². The smallest absolute Gasteiger partial charge is 0.254 e. The average molecular weight is 355 g/mol. The zero-order valence-electron chi connectivity index (χ0n) is 7.65. The highest BCUT2D eigenvalue weighted by molar-refractivity contribution is 9.11. The fourth-order valence-electron chi connectivity index (χ4n) is 1.41. The zero-order valence-corrected chi connectivity index (χ0v) is 10.8. The summed E-state index contributed by atoms with van der Waals surface area (Å²) in [4.78, 5) is 3.96. The van der Waals surface area contributed by atoms with Crippen LogP contribution in [0.25, 0.3) is 10.9 Å². The van der Waals surface area contributed by atoms with Gasteiger partial charge < -0.3 is 0 Å². The Morgan fingerprint density at radius 2 is 1.81 bits per heavy atom. The summed E-state index contributed by atoms with van der Waals surface area (Å²) in [5.74, 6) is 0. The molecule has 0 amide bonds. The lowest BCUT2D eigenvalue weighted by Gasteiger charge is -2.10. The van der Waals surface area contributed by atoms with Gasteiger partial charge in [-0.2, -0.15) is 13.2 Å². The van der Waals surface area contributed by atoms with Crippen molar-refractivity contribution in [1.29, 1.82) is 0 Å². The van der Waals surface area contributed by atoms with E-state index in [2.05, 4.69) is 36.8 Å². The third-order valence-electron chi connectivity index (χ3n) is 2.07. The Morgan fingerprint density at radius 3 is 2.44 bits per heavy atom. The lowest BCUT2D eigenvalue weighted by Crippen LogP contribution is -2.06. The third-order valence-corrected chi connectivity index (χ3v) is 3.15. The van der Waals surface area contributed by atoms with Crippen LogP contribution in [0.3, 0.4) is 0 Å². The molecule has 16 heavy (non-hydrogen) atoms. The minimum atomic E-state index is -4.37. The van der Waals surface area contributed by atoms with Gasteiger partial charge in [0.15, 0.2) is 0 Å². The van der Waals surface area contributed by atoms with E-state index < -0.39 is 11.7 Å². The molecule has 0 fully saturated rings. The molecule has 0 unspecified atom stereocenters. The monoisotopic (exact) mass is 353 g/mol. The number of alkyl halides is 3. The Kier molecular flexibility index (Phi) is 2.96. The van der Waals surface area contributed by atoms with Crippen molar-refractivity contribution in [2.45, 2.75) is 6.18 Å². The summed E-state index contributed by atoms with van der Waals surface area (Å²) >= 11 is 6.29. The summed E-state index contributed by atoms with van der Waals surface area (Å²) in [6.45, 7) is 0. The SMILES string of the molecule is FC(F)(F)c1ccc(Br)c2ncc(Br)cc12. The van der Waals surface area contributed by atoms with Crippen molar-refractivity contribution in [2.24, 2.45) is 0 Å². The number of nitrogens with zero attached hydrogens (tertiary/aromatic N) is 1. The molecule has 1 aromatic heterocycles. The van der Waals surface area contributed by atoms with Crippen LogP contribution >= 0.6 is 31.9 Å². The van der Waals surface area contributed by atoms with E-state index in [0.717, 1.165) is 6.07 Å². The zero-order chi connectivity index (χ0) is 11.9. The maximum atomic E-state index is 12.7. The van der Waals surface area contributed by atoms with Gasteiger partial charge >= 0.3 is 6.18 Å². The highest BCUT2D eigenvalue weighted by Gasteiger charge is 2.33. The lowest BCUT2D eigenvalue weighted by atomic mass is 10.1. The number of hydrogen-bond acceptors (Lipinski definition) is 1. The third kappa shape index (κ3) is 2.08. The minimum Gasteiger partial charge on any atom is -0.254 e. The lowest BCUT2D eigenvalue weighted by molar-refractivity contribution is -0.136. The molecule has 0 spiro atoms. The molecule has 0 aliphatic carbocycles. The summed E-state index contributed by atoms with van der Waals surface area (Å²) in [5, 5.41) is 0.0799. The van der Waals surface area contributed by atoms with E-state index in [1.54, 1.807) is 0 Å². The van der Waals surface area contributed by atoms with Gasteiger partial charge in [-0.25, -0.2) is 0 Å². The Morgan fingerprint density at radius 1 is 1.12 bits per heavy atom. The number of rotatable bonds is 0. The Labute approximate surface area is 106 Å². The first-order chi connectivity index (χ1) is 7.39. The molecule has 0 saturated carbocycles. The molecule has 6 heteroatoms. The van der Waals surface area contributed by atoms with Gasteiger partial charge in [-0.15, -0.1) is 0 Å². The average Bonchev–Trinajstić information content (AvgIpc) is 2.15. The quantitative estimate of drug-likeness (QED) is 0.663. The standard InChI is InChI=1S/C10H4Br2F3N/c11-5-3-6-7(10(13,14)15)1-2-8(12)9(6)16-4-5/h1-4H. The van der Waals surface area contributed by atoms with Crippen molar-refractivity contribution in [3.63, 3.8) is 0 Å². The molecule has 84 valence electrons. The van der Waals surface area contributed by atoms with Crippen LogP contribution in [-0.2, 0) is 6.18 Å². The van der Waals surface area contributed by atoms with Gasteiger partial charge in [0.25, 0.3) is 0 Å². The number of hydrogen-bond donors (Lipinski definition) is 0. The Hall–Kier alpha value is -0.620. The van der Waals surface area contributed by atoms with Gasteiger partial charge in [0.2, 0.25) is 0 Å². The number of halogens is 5. The first-order valence-electron chi connectivity index (χ1n) is 4.20. The minimum absolute atomic E-state index is 0.0799. The molecule has 2 aromatic rings. The van der Waals surface area contributed by atoms with Crippen molar-refractivity contribution in [3.8, 4) is 0 Å². The van der Waals surface area contributed by atoms with Crippen molar-refractivity contribution in [2.75, 3.05) is 0 Å². The Bertz CT molecular complexity index is 551. The molecule has 1 heterocycles. The molecule has 0 aliphatic heterocycles. The molecule has 2 rings (SSSR count). The maximum absolute atomic E-state index is 12.7. The largest absolute Gasteiger partial charge is 0.417 e. The van der Waals surface area contributed by atoms with Crippen LogP contribution in [0, 0.1) is 0 Å². The van der Waals surface area contributed by atoms with Gasteiger partial charge in [-0.3, -0.25) is 4.98 Å². The second-order valence-electron chi connectivity index (χ2n) is 3.14. The fraction of sp³-hybridized carbons (Fsp3) is 0.100. The fourth-order valence-corrected chi connectivity index (χ4v) is 2.19. The summed E-state index contributed by atoms with van der Waals surface area (Å²) in [6, 6.07) is 3.81. The molecular weight excluding hydrogens is 351 g/mol. The van der Waals surface area contributed by atoms with Crippen LogP contribution in [0.2, 0.25) is 0 Å². The summed E-state index contributed by atoms with van der Waals surface area (Å²) < 4.78 is 39.2. The molecular formula is C10H4Br2F3N. The first kappa shape index (κ1) is 11.9. The first-order valence-corrected chi connectivity index (χ1v) is 5.79. The highest BCUT2D eigenvalue weighted by atomic mass is 79.9. The van der Waals surface area contributed by atoms with E-state index in [4.69, 9.17) is 0 Å². The van der Waals surface area contributed by atoms with Crippen LogP contribution in [0.15, 0.2) is 33.3 Å². The van der Waals surface area contributed by atoms with E-state index in [-0.39, 0.29) is 5.39 Å². The van der Waals surface area contributed by atoms with Gasteiger partial charge in [-0.1, -0.05) is 0 Å². The Balaban J connectivity index is 2.86. The predicted octanol–water partition coefficient (Wildman–Crippen LogP) is 4.78. The van der Waals surface area contributed by atoms with Crippen molar-refractivity contribution in [3.05, 3.63) is 38.9 Å². The maximum Gasteiger partial charge on any atom is 0.417 e. The summed E-state index contributed by atoms with van der Waals surface area (Å²) in [7, 11) is 0. The molecule has 0 bridgehead atoms. The van der Waals surface area contributed by atoms with Crippen LogP contribution < -0.4 is 0 Å². The topological polar surface area (TPSA) is 12.9 Å². The normalized spacial score (nSPS) is 12.1. The highest BCUT2D eigenvalue weighted by Crippen LogP contribution is 2.37. The molecule has 0 radical (unpaired) electrons. The van der Waals surface area contributed by atoms with Crippen molar-refractivity contribution < 1.29 is 13.2 Å². The number of aromatic nitrogens is 1. The molecule has 0 aliphatic rings.